The quantitative estimate of drug-likeness (QED) is 0.790. The van der Waals surface area contributed by atoms with E-state index in [0.29, 0.717) is 0 Å². The van der Waals surface area contributed by atoms with Gasteiger partial charge in [-0.1, -0.05) is 36.4 Å². The molecule has 2 aliphatic rings. The van der Waals surface area contributed by atoms with Gasteiger partial charge in [-0.25, -0.2) is 0 Å². The Balaban J connectivity index is 1.94. The molecule has 0 aromatic heterocycles. The van der Waals surface area contributed by atoms with Crippen LogP contribution in [0.2, 0.25) is 0 Å². The second-order valence-electron chi connectivity index (χ2n) is 6.25. The summed E-state index contributed by atoms with van der Waals surface area (Å²) in [4.78, 5) is 0. The lowest BCUT2D eigenvalue weighted by Gasteiger charge is -2.33. The minimum absolute atomic E-state index is 1.16. The van der Waals surface area contributed by atoms with E-state index in [1.807, 2.05) is 0 Å². The first-order valence-electron chi connectivity index (χ1n) is 8.18. The van der Waals surface area contributed by atoms with E-state index in [9.17, 15) is 0 Å². The van der Waals surface area contributed by atoms with Crippen LogP contribution in [0.4, 0.5) is 11.4 Å². The second-order valence-corrected chi connectivity index (χ2v) is 6.25. The first-order chi connectivity index (χ1) is 11.6. The van der Waals surface area contributed by atoms with Crippen LogP contribution in [0.5, 0.6) is 0 Å². The molecule has 0 saturated carbocycles. The van der Waals surface area contributed by atoms with Crippen molar-refractivity contribution in [1.82, 2.24) is 10.0 Å². The van der Waals surface area contributed by atoms with Crippen molar-refractivity contribution in [3.05, 3.63) is 77.6 Å². The van der Waals surface area contributed by atoms with Crippen LogP contribution in [0.1, 0.15) is 12.5 Å². The van der Waals surface area contributed by atoms with Gasteiger partial charge in [0, 0.05) is 32.4 Å². The van der Waals surface area contributed by atoms with Crippen LogP contribution in [0.25, 0.3) is 5.70 Å². The van der Waals surface area contributed by atoms with Gasteiger partial charge in [-0.15, -0.1) is 0 Å². The van der Waals surface area contributed by atoms with Crippen molar-refractivity contribution in [3.63, 3.8) is 0 Å². The fourth-order valence-corrected chi connectivity index (χ4v) is 3.47. The zero-order valence-electron chi connectivity index (χ0n) is 14.6. The van der Waals surface area contributed by atoms with Crippen LogP contribution < -0.4 is 10.0 Å². The minimum atomic E-state index is 1.16. The molecular formula is C20H22N4. The Bertz CT molecular complexity index is 838. The van der Waals surface area contributed by atoms with Gasteiger partial charge in [-0.3, -0.25) is 20.0 Å². The maximum atomic E-state index is 2.27. The topological polar surface area (TPSA) is 13.0 Å². The Hall–Kier alpha value is -2.88. The molecule has 0 atom stereocenters. The third-order valence-electron chi connectivity index (χ3n) is 4.91. The van der Waals surface area contributed by atoms with E-state index < -0.39 is 0 Å². The molecular weight excluding hydrogens is 296 g/mol. The number of rotatable bonds is 1. The van der Waals surface area contributed by atoms with E-state index in [1.54, 1.807) is 0 Å². The number of nitrogens with zero attached hydrogens (tertiary/aromatic N) is 4. The van der Waals surface area contributed by atoms with Crippen molar-refractivity contribution in [3.8, 4) is 0 Å². The standard InChI is InChI=1S/C20H22N4/c1-15-14-19(24(21(15)2)16-10-6-5-7-11-16)20-17-12-8-9-13-18(17)22(3)23(20)4/h5-14H,1-4H3/b20-19-. The molecule has 2 aromatic carbocycles. The molecule has 2 aliphatic heterocycles. The number of fused-ring (bicyclic) bond motifs is 1. The maximum absolute atomic E-state index is 2.27. The van der Waals surface area contributed by atoms with Gasteiger partial charge in [0.1, 0.15) is 0 Å². The molecule has 0 amide bonds. The summed E-state index contributed by atoms with van der Waals surface area (Å²) in [5.74, 6) is 0. The van der Waals surface area contributed by atoms with Crippen molar-refractivity contribution < 1.29 is 0 Å². The Morgan fingerprint density at radius 1 is 0.708 bits per heavy atom. The van der Waals surface area contributed by atoms with Gasteiger partial charge >= 0.3 is 0 Å². The van der Waals surface area contributed by atoms with Crippen LogP contribution >= 0.6 is 0 Å². The molecule has 4 nitrogen and oxygen atoms in total. The van der Waals surface area contributed by atoms with Crippen LogP contribution in [-0.4, -0.2) is 31.2 Å². The number of hydrogen-bond acceptors (Lipinski definition) is 4. The average Bonchev–Trinajstić information content (AvgIpc) is 3.03. The van der Waals surface area contributed by atoms with Crippen molar-refractivity contribution in [1.29, 1.82) is 0 Å². The van der Waals surface area contributed by atoms with Crippen molar-refractivity contribution in [2.24, 2.45) is 0 Å². The molecule has 2 heterocycles. The van der Waals surface area contributed by atoms with E-state index in [0.717, 1.165) is 5.69 Å². The fraction of sp³-hybridized carbons (Fsp3) is 0.200. The molecule has 24 heavy (non-hydrogen) atoms. The summed E-state index contributed by atoms with van der Waals surface area (Å²) in [5.41, 5.74) is 7.30. The third-order valence-corrected chi connectivity index (χ3v) is 4.91. The normalized spacial score (nSPS) is 19.9. The number of hydrazine groups is 2. The number of para-hydroxylation sites is 2. The van der Waals surface area contributed by atoms with Gasteiger partial charge in [0.05, 0.1) is 22.8 Å². The predicted octanol–water partition coefficient (Wildman–Crippen LogP) is 3.92. The summed E-state index contributed by atoms with van der Waals surface area (Å²) >= 11 is 0. The average molecular weight is 318 g/mol. The van der Waals surface area contributed by atoms with E-state index in [1.165, 1.54) is 28.3 Å². The van der Waals surface area contributed by atoms with Crippen molar-refractivity contribution in [2.75, 3.05) is 31.2 Å². The number of benzene rings is 2. The molecule has 4 heteroatoms. The molecule has 4 rings (SSSR count). The molecule has 0 saturated heterocycles. The van der Waals surface area contributed by atoms with Crippen LogP contribution in [0, 0.1) is 0 Å². The molecule has 0 spiro atoms. The monoisotopic (exact) mass is 318 g/mol. The smallest absolute Gasteiger partial charge is 0.0921 e. The second kappa shape index (κ2) is 5.34. The summed E-state index contributed by atoms with van der Waals surface area (Å²) in [6, 6.07) is 19.1. The van der Waals surface area contributed by atoms with E-state index in [4.69, 9.17) is 0 Å². The highest BCUT2D eigenvalue weighted by Gasteiger charge is 2.33. The Morgan fingerprint density at radius 3 is 2.12 bits per heavy atom. The van der Waals surface area contributed by atoms with Gasteiger partial charge in [0.2, 0.25) is 0 Å². The minimum Gasteiger partial charge on any atom is -0.288 e. The van der Waals surface area contributed by atoms with E-state index in [-0.39, 0.29) is 0 Å². The van der Waals surface area contributed by atoms with Crippen molar-refractivity contribution >= 4 is 17.1 Å². The van der Waals surface area contributed by atoms with Gasteiger partial charge in [0.25, 0.3) is 0 Å². The van der Waals surface area contributed by atoms with Crippen LogP contribution in [0.3, 0.4) is 0 Å². The Kier molecular flexibility index (Phi) is 3.27. The molecule has 0 fully saturated rings. The third kappa shape index (κ3) is 1.99. The summed E-state index contributed by atoms with van der Waals surface area (Å²) in [6.45, 7) is 2.15. The highest BCUT2D eigenvalue weighted by atomic mass is 15.7. The summed E-state index contributed by atoms with van der Waals surface area (Å²) in [5, 5.41) is 8.89. The maximum Gasteiger partial charge on any atom is 0.0921 e. The summed E-state index contributed by atoms with van der Waals surface area (Å²) in [7, 11) is 6.33. The first kappa shape index (κ1) is 14.7. The molecule has 0 N–H and O–H groups in total. The molecule has 0 unspecified atom stereocenters. The zero-order valence-corrected chi connectivity index (χ0v) is 14.6. The SMILES string of the molecule is CC1=C/C(=C2\c3ccccc3N(C)N2C)N(c2ccccc2)N1C. The highest BCUT2D eigenvalue weighted by Crippen LogP contribution is 2.43. The number of hydrogen-bond donors (Lipinski definition) is 0. The molecule has 122 valence electrons. The van der Waals surface area contributed by atoms with E-state index >= 15 is 0 Å². The van der Waals surface area contributed by atoms with Crippen LogP contribution in [-0.2, 0) is 0 Å². The van der Waals surface area contributed by atoms with Crippen LogP contribution in [0.15, 0.2) is 72.1 Å². The first-order valence-corrected chi connectivity index (χ1v) is 8.18. The molecule has 2 aromatic rings. The Labute approximate surface area is 143 Å². The van der Waals surface area contributed by atoms with Gasteiger partial charge in [-0.05, 0) is 31.2 Å². The molecule has 0 bridgehead atoms. The highest BCUT2D eigenvalue weighted by molar-refractivity contribution is 5.86. The summed E-state index contributed by atoms with van der Waals surface area (Å²) in [6.07, 6.45) is 2.26. The number of allylic oxidation sites excluding steroid dienone is 2. The molecule has 0 radical (unpaired) electrons. The van der Waals surface area contributed by atoms with Gasteiger partial charge in [-0.2, -0.15) is 0 Å². The lowest BCUT2D eigenvalue weighted by Crippen LogP contribution is -2.35. The fourth-order valence-electron chi connectivity index (χ4n) is 3.47. The summed E-state index contributed by atoms with van der Waals surface area (Å²) < 4.78 is 0. The van der Waals surface area contributed by atoms with Crippen molar-refractivity contribution in [2.45, 2.75) is 6.92 Å². The van der Waals surface area contributed by atoms with Gasteiger partial charge < -0.3 is 0 Å². The lowest BCUT2D eigenvalue weighted by atomic mass is 10.1. The Morgan fingerprint density at radius 2 is 1.38 bits per heavy atom. The lowest BCUT2D eigenvalue weighted by molar-refractivity contribution is 0.431. The largest absolute Gasteiger partial charge is 0.288 e. The number of anilines is 2. The zero-order chi connectivity index (χ0) is 16.8. The van der Waals surface area contributed by atoms with Gasteiger partial charge in [0.15, 0.2) is 0 Å². The van der Waals surface area contributed by atoms with E-state index in [2.05, 4.69) is 109 Å². The molecule has 0 aliphatic carbocycles. The predicted molar refractivity (Wildman–Crippen MR) is 100.0 cm³/mol.